The van der Waals surface area contributed by atoms with Crippen molar-refractivity contribution in [1.82, 2.24) is 0 Å². The number of ether oxygens (including phenoxy) is 1. The number of benzene rings is 1. The summed E-state index contributed by atoms with van der Waals surface area (Å²) in [4.78, 5) is 11.0. The predicted molar refractivity (Wildman–Crippen MR) is 66.6 cm³/mol. The molecule has 1 atom stereocenters. The Morgan fingerprint density at radius 3 is 2.56 bits per heavy atom. The fourth-order valence-corrected chi connectivity index (χ4v) is 1.44. The van der Waals surface area contributed by atoms with Crippen molar-refractivity contribution in [3.05, 3.63) is 35.9 Å². The summed E-state index contributed by atoms with van der Waals surface area (Å²) >= 11 is 0. The molecular formula is C12H18ClNO2. The first-order chi connectivity index (χ1) is 7.24. The molecule has 90 valence electrons. The van der Waals surface area contributed by atoms with Gasteiger partial charge < -0.3 is 10.5 Å². The minimum Gasteiger partial charge on any atom is -0.468 e. The quantitative estimate of drug-likeness (QED) is 0.804. The molecule has 0 saturated carbocycles. The SMILES string of the molecule is COC(=O)[C@H](N)CCCc1ccccc1.Cl. The second kappa shape index (κ2) is 8.13. The fraction of sp³-hybridized carbons (Fsp3) is 0.417. The summed E-state index contributed by atoms with van der Waals surface area (Å²) in [6.45, 7) is 0. The van der Waals surface area contributed by atoms with Crippen LogP contribution in [0.4, 0.5) is 0 Å². The zero-order valence-electron chi connectivity index (χ0n) is 9.39. The van der Waals surface area contributed by atoms with Crippen LogP contribution in [0.5, 0.6) is 0 Å². The van der Waals surface area contributed by atoms with Crippen LogP contribution in [-0.4, -0.2) is 19.1 Å². The van der Waals surface area contributed by atoms with Gasteiger partial charge in [0.25, 0.3) is 0 Å². The number of methoxy groups -OCH3 is 1. The second-order valence-corrected chi connectivity index (χ2v) is 3.51. The van der Waals surface area contributed by atoms with Crippen molar-refractivity contribution in [3.63, 3.8) is 0 Å². The first-order valence-electron chi connectivity index (χ1n) is 5.11. The Labute approximate surface area is 102 Å². The smallest absolute Gasteiger partial charge is 0.322 e. The van der Waals surface area contributed by atoms with Crippen molar-refractivity contribution in [1.29, 1.82) is 0 Å². The Morgan fingerprint density at radius 2 is 2.00 bits per heavy atom. The molecule has 0 fully saturated rings. The van der Waals surface area contributed by atoms with Gasteiger partial charge in [-0.2, -0.15) is 0 Å². The molecular weight excluding hydrogens is 226 g/mol. The zero-order chi connectivity index (χ0) is 11.1. The molecule has 0 aliphatic carbocycles. The van der Waals surface area contributed by atoms with Gasteiger partial charge in [0.1, 0.15) is 6.04 Å². The molecule has 0 aliphatic heterocycles. The third kappa shape index (κ3) is 5.14. The number of halogens is 1. The molecule has 16 heavy (non-hydrogen) atoms. The molecule has 1 aromatic carbocycles. The fourth-order valence-electron chi connectivity index (χ4n) is 1.44. The van der Waals surface area contributed by atoms with Gasteiger partial charge in [-0.05, 0) is 24.8 Å². The van der Waals surface area contributed by atoms with Crippen LogP contribution in [0.25, 0.3) is 0 Å². The number of carbonyl (C=O) groups excluding carboxylic acids is 1. The maximum Gasteiger partial charge on any atom is 0.322 e. The largest absolute Gasteiger partial charge is 0.468 e. The Morgan fingerprint density at radius 1 is 1.38 bits per heavy atom. The minimum absolute atomic E-state index is 0. The molecule has 0 unspecified atom stereocenters. The van der Waals surface area contributed by atoms with Gasteiger partial charge in [-0.1, -0.05) is 30.3 Å². The summed E-state index contributed by atoms with van der Waals surface area (Å²) in [5, 5.41) is 0. The van der Waals surface area contributed by atoms with Crippen molar-refractivity contribution in [2.45, 2.75) is 25.3 Å². The van der Waals surface area contributed by atoms with Crippen LogP contribution in [-0.2, 0) is 16.0 Å². The third-order valence-electron chi connectivity index (χ3n) is 2.33. The summed E-state index contributed by atoms with van der Waals surface area (Å²) in [7, 11) is 1.36. The molecule has 0 spiro atoms. The number of hydrogen-bond acceptors (Lipinski definition) is 3. The zero-order valence-corrected chi connectivity index (χ0v) is 10.2. The van der Waals surface area contributed by atoms with Crippen LogP contribution in [0.15, 0.2) is 30.3 Å². The summed E-state index contributed by atoms with van der Waals surface area (Å²) in [6, 6.07) is 9.67. The highest BCUT2D eigenvalue weighted by atomic mass is 35.5. The molecule has 0 amide bonds. The average Bonchev–Trinajstić information content (AvgIpc) is 2.29. The highest BCUT2D eigenvalue weighted by molar-refractivity contribution is 5.85. The normalized spacial score (nSPS) is 11.4. The Kier molecular flexibility index (Phi) is 7.60. The van der Waals surface area contributed by atoms with Gasteiger partial charge in [-0.15, -0.1) is 12.4 Å². The van der Waals surface area contributed by atoms with Crippen molar-refractivity contribution in [2.24, 2.45) is 5.73 Å². The molecule has 4 heteroatoms. The van der Waals surface area contributed by atoms with Gasteiger partial charge in [-0.3, -0.25) is 4.79 Å². The Bertz CT molecular complexity index is 303. The maximum atomic E-state index is 11.0. The van der Waals surface area contributed by atoms with Crippen molar-refractivity contribution in [3.8, 4) is 0 Å². The maximum absolute atomic E-state index is 11.0. The first-order valence-corrected chi connectivity index (χ1v) is 5.11. The Hall–Kier alpha value is -1.06. The number of aryl methyl sites for hydroxylation is 1. The van der Waals surface area contributed by atoms with E-state index in [0.29, 0.717) is 6.42 Å². The van der Waals surface area contributed by atoms with Gasteiger partial charge in [0.05, 0.1) is 7.11 Å². The molecule has 0 saturated heterocycles. The first kappa shape index (κ1) is 14.9. The number of nitrogens with two attached hydrogens (primary N) is 1. The Balaban J connectivity index is 0.00000225. The summed E-state index contributed by atoms with van der Waals surface area (Å²) in [5.41, 5.74) is 6.89. The molecule has 0 aliphatic rings. The lowest BCUT2D eigenvalue weighted by Gasteiger charge is -2.08. The lowest BCUT2D eigenvalue weighted by Crippen LogP contribution is -2.31. The molecule has 2 N–H and O–H groups in total. The lowest BCUT2D eigenvalue weighted by molar-refractivity contribution is -0.142. The van der Waals surface area contributed by atoms with E-state index in [1.807, 2.05) is 18.2 Å². The molecule has 1 rings (SSSR count). The number of carbonyl (C=O) groups is 1. The van der Waals surface area contributed by atoms with Gasteiger partial charge in [-0.25, -0.2) is 0 Å². The number of hydrogen-bond donors (Lipinski definition) is 1. The van der Waals surface area contributed by atoms with Crippen LogP contribution < -0.4 is 5.73 Å². The number of rotatable bonds is 5. The van der Waals surface area contributed by atoms with Crippen LogP contribution in [0.1, 0.15) is 18.4 Å². The van der Waals surface area contributed by atoms with E-state index >= 15 is 0 Å². The third-order valence-corrected chi connectivity index (χ3v) is 2.33. The van der Waals surface area contributed by atoms with Crippen LogP contribution in [0, 0.1) is 0 Å². The molecule has 0 bridgehead atoms. The topological polar surface area (TPSA) is 52.3 Å². The summed E-state index contributed by atoms with van der Waals surface area (Å²) in [5.74, 6) is -0.330. The second-order valence-electron chi connectivity index (χ2n) is 3.51. The van der Waals surface area contributed by atoms with Crippen LogP contribution in [0.2, 0.25) is 0 Å². The van der Waals surface area contributed by atoms with Crippen molar-refractivity contribution in [2.75, 3.05) is 7.11 Å². The van der Waals surface area contributed by atoms with E-state index in [4.69, 9.17) is 5.73 Å². The van der Waals surface area contributed by atoms with Gasteiger partial charge >= 0.3 is 5.97 Å². The molecule has 0 heterocycles. The van der Waals surface area contributed by atoms with Crippen molar-refractivity contribution >= 4 is 18.4 Å². The molecule has 3 nitrogen and oxygen atoms in total. The van der Waals surface area contributed by atoms with E-state index in [9.17, 15) is 4.79 Å². The standard InChI is InChI=1S/C12H17NO2.ClH/c1-15-12(14)11(13)9-5-8-10-6-3-2-4-7-10;/h2-4,6-7,11H,5,8-9,13H2,1H3;1H/t11-;/m1./s1. The minimum atomic E-state index is -0.487. The van der Waals surface area contributed by atoms with Gasteiger partial charge in [0, 0.05) is 0 Å². The van der Waals surface area contributed by atoms with E-state index in [1.54, 1.807) is 0 Å². The summed E-state index contributed by atoms with van der Waals surface area (Å²) in [6.07, 6.45) is 2.52. The molecule has 1 aromatic rings. The number of esters is 1. The highest BCUT2D eigenvalue weighted by Gasteiger charge is 2.12. The van der Waals surface area contributed by atoms with Crippen LogP contribution in [0.3, 0.4) is 0 Å². The molecule has 0 aromatic heterocycles. The van der Waals surface area contributed by atoms with E-state index in [-0.39, 0.29) is 18.4 Å². The van der Waals surface area contributed by atoms with E-state index < -0.39 is 6.04 Å². The van der Waals surface area contributed by atoms with Crippen molar-refractivity contribution < 1.29 is 9.53 Å². The molecule has 0 radical (unpaired) electrons. The monoisotopic (exact) mass is 243 g/mol. The van der Waals surface area contributed by atoms with E-state index in [1.165, 1.54) is 12.7 Å². The van der Waals surface area contributed by atoms with Crippen LogP contribution >= 0.6 is 12.4 Å². The lowest BCUT2D eigenvalue weighted by atomic mass is 10.1. The average molecular weight is 244 g/mol. The van der Waals surface area contributed by atoms with Gasteiger partial charge in [0.2, 0.25) is 0 Å². The highest BCUT2D eigenvalue weighted by Crippen LogP contribution is 2.06. The summed E-state index contributed by atoms with van der Waals surface area (Å²) < 4.78 is 4.55. The predicted octanol–water partition coefficient (Wildman–Crippen LogP) is 1.93. The van der Waals surface area contributed by atoms with E-state index in [2.05, 4.69) is 16.9 Å². The van der Waals surface area contributed by atoms with E-state index in [0.717, 1.165) is 12.8 Å². The van der Waals surface area contributed by atoms with Gasteiger partial charge in [0.15, 0.2) is 0 Å².